The molecule has 0 bridgehead atoms. The number of carbonyl (C=O) groups is 2. The number of hydrogen-bond donors (Lipinski definition) is 1. The molecule has 0 radical (unpaired) electrons. The van der Waals surface area contributed by atoms with Crippen LogP contribution in [-0.4, -0.2) is 45.2 Å². The van der Waals surface area contributed by atoms with Crippen molar-refractivity contribution in [3.63, 3.8) is 0 Å². The lowest BCUT2D eigenvalue weighted by atomic mass is 10.1. The molecule has 7 nitrogen and oxygen atoms in total. The molecule has 8 heteroatoms. The van der Waals surface area contributed by atoms with Crippen LogP contribution in [-0.2, 0) is 19.6 Å². The summed E-state index contributed by atoms with van der Waals surface area (Å²) in [5.41, 5.74) is 0.345. The number of ether oxygens (including phenoxy) is 1. The van der Waals surface area contributed by atoms with Gasteiger partial charge in [0.2, 0.25) is 15.9 Å². The fraction of sp³-hybridized carbons (Fsp3) is 0.529. The molecule has 0 atom stereocenters. The number of carbonyl (C=O) groups excluding carboxylic acids is 2. The van der Waals surface area contributed by atoms with E-state index in [1.165, 1.54) is 24.3 Å². The normalized spacial score (nSPS) is 11.7. The second kappa shape index (κ2) is 8.33. The predicted octanol–water partition coefficient (Wildman–Crippen LogP) is 1.93. The van der Waals surface area contributed by atoms with Crippen LogP contribution >= 0.6 is 0 Å². The molecule has 1 N–H and O–H groups in total. The Bertz CT molecular complexity index is 706. The minimum Gasteiger partial charge on any atom is -0.462 e. The Morgan fingerprint density at radius 2 is 1.72 bits per heavy atom. The summed E-state index contributed by atoms with van der Waals surface area (Å²) in [6.07, 6.45) is 1.11. The van der Waals surface area contributed by atoms with E-state index in [4.69, 9.17) is 4.74 Å². The highest BCUT2D eigenvalue weighted by Crippen LogP contribution is 2.19. The zero-order chi connectivity index (χ0) is 19.3. The Hall–Kier alpha value is -2.09. The summed E-state index contributed by atoms with van der Waals surface area (Å²) in [4.78, 5) is 23.6. The summed E-state index contributed by atoms with van der Waals surface area (Å²) < 4.78 is 30.1. The summed E-state index contributed by atoms with van der Waals surface area (Å²) in [6.45, 7) is 7.55. The van der Waals surface area contributed by atoms with Gasteiger partial charge in [0, 0.05) is 18.5 Å². The molecule has 25 heavy (non-hydrogen) atoms. The van der Waals surface area contributed by atoms with Crippen molar-refractivity contribution in [2.45, 2.75) is 39.7 Å². The van der Waals surface area contributed by atoms with E-state index >= 15 is 0 Å². The Balaban J connectivity index is 2.90. The smallest absolute Gasteiger partial charge is 0.338 e. The quantitative estimate of drug-likeness (QED) is 0.741. The van der Waals surface area contributed by atoms with E-state index in [-0.39, 0.29) is 31.0 Å². The molecule has 0 spiro atoms. The Morgan fingerprint density at radius 1 is 1.16 bits per heavy atom. The van der Waals surface area contributed by atoms with Gasteiger partial charge >= 0.3 is 5.97 Å². The Kier molecular flexibility index (Phi) is 6.98. The molecule has 0 saturated carbocycles. The third-order valence-corrected chi connectivity index (χ3v) is 4.32. The van der Waals surface area contributed by atoms with Crippen molar-refractivity contribution in [3.8, 4) is 0 Å². The SMILES string of the molecule is CCOC(=O)c1ccc(N(CCC(=O)NC(C)(C)C)S(C)(=O)=O)cc1. The highest BCUT2D eigenvalue weighted by atomic mass is 32.2. The second-order valence-electron chi connectivity index (χ2n) is 6.65. The van der Waals surface area contributed by atoms with Crippen molar-refractivity contribution in [1.82, 2.24) is 5.32 Å². The maximum Gasteiger partial charge on any atom is 0.338 e. The zero-order valence-electron chi connectivity index (χ0n) is 15.3. The third-order valence-electron chi connectivity index (χ3n) is 3.12. The molecule has 0 heterocycles. The average molecular weight is 370 g/mol. The molecule has 140 valence electrons. The van der Waals surface area contributed by atoms with Gasteiger partial charge in [-0.3, -0.25) is 9.10 Å². The lowest BCUT2D eigenvalue weighted by Crippen LogP contribution is -2.42. The van der Waals surface area contributed by atoms with Gasteiger partial charge in [0.05, 0.1) is 24.1 Å². The minimum atomic E-state index is -3.56. The summed E-state index contributed by atoms with van der Waals surface area (Å²) in [5, 5.41) is 2.79. The molecular weight excluding hydrogens is 344 g/mol. The first kappa shape index (κ1) is 21.0. The fourth-order valence-electron chi connectivity index (χ4n) is 2.15. The molecule has 1 aromatic carbocycles. The number of amides is 1. The first-order chi connectivity index (χ1) is 11.4. The number of esters is 1. The van der Waals surface area contributed by atoms with Crippen molar-refractivity contribution in [2.24, 2.45) is 0 Å². The first-order valence-electron chi connectivity index (χ1n) is 8.00. The van der Waals surface area contributed by atoms with Crippen molar-refractivity contribution in [3.05, 3.63) is 29.8 Å². The number of rotatable bonds is 7. The molecule has 1 rings (SSSR count). The molecule has 0 fully saturated rings. The molecule has 0 aliphatic heterocycles. The highest BCUT2D eigenvalue weighted by Gasteiger charge is 2.21. The van der Waals surface area contributed by atoms with E-state index < -0.39 is 16.0 Å². The van der Waals surface area contributed by atoms with Gasteiger partial charge in [-0.05, 0) is 52.0 Å². The third kappa shape index (κ3) is 7.13. The van der Waals surface area contributed by atoms with Gasteiger partial charge in [-0.2, -0.15) is 0 Å². The second-order valence-corrected chi connectivity index (χ2v) is 8.56. The predicted molar refractivity (Wildman–Crippen MR) is 97.1 cm³/mol. The zero-order valence-corrected chi connectivity index (χ0v) is 16.1. The van der Waals surface area contributed by atoms with Gasteiger partial charge in [-0.25, -0.2) is 13.2 Å². The van der Waals surface area contributed by atoms with Gasteiger partial charge in [-0.15, -0.1) is 0 Å². The highest BCUT2D eigenvalue weighted by molar-refractivity contribution is 7.92. The van der Waals surface area contributed by atoms with Crippen molar-refractivity contribution in [2.75, 3.05) is 23.7 Å². The average Bonchev–Trinajstić information content (AvgIpc) is 2.45. The van der Waals surface area contributed by atoms with Crippen molar-refractivity contribution < 1.29 is 22.7 Å². The van der Waals surface area contributed by atoms with Gasteiger partial charge in [0.15, 0.2) is 0 Å². The van der Waals surface area contributed by atoms with Crippen LogP contribution in [0.4, 0.5) is 5.69 Å². The molecular formula is C17H26N2O5S. The number of benzene rings is 1. The van der Waals surface area contributed by atoms with E-state index in [1.807, 2.05) is 20.8 Å². The van der Waals surface area contributed by atoms with Crippen LogP contribution in [0, 0.1) is 0 Å². The first-order valence-corrected chi connectivity index (χ1v) is 9.85. The number of nitrogens with zero attached hydrogens (tertiary/aromatic N) is 1. The van der Waals surface area contributed by atoms with Crippen LogP contribution in [0.25, 0.3) is 0 Å². The lowest BCUT2D eigenvalue weighted by molar-refractivity contribution is -0.122. The van der Waals surface area contributed by atoms with E-state index in [2.05, 4.69) is 5.32 Å². The van der Waals surface area contributed by atoms with Crippen LogP contribution in [0.15, 0.2) is 24.3 Å². The summed E-state index contributed by atoms with van der Waals surface area (Å²) >= 11 is 0. The Morgan fingerprint density at radius 3 is 2.16 bits per heavy atom. The van der Waals surface area contributed by atoms with Crippen LogP contribution in [0.2, 0.25) is 0 Å². The molecule has 0 unspecified atom stereocenters. The number of sulfonamides is 1. The number of anilines is 1. The van der Waals surface area contributed by atoms with Gasteiger partial charge in [0.1, 0.15) is 0 Å². The summed E-state index contributed by atoms with van der Waals surface area (Å²) in [7, 11) is -3.56. The Labute approximate surface area is 149 Å². The molecule has 1 amide bonds. The molecule has 1 aromatic rings. The molecule has 0 aliphatic carbocycles. The fourth-order valence-corrected chi connectivity index (χ4v) is 3.08. The summed E-state index contributed by atoms with van der Waals surface area (Å²) in [5.74, 6) is -0.700. The van der Waals surface area contributed by atoms with Crippen molar-refractivity contribution in [1.29, 1.82) is 0 Å². The minimum absolute atomic E-state index is 0.0134. The largest absolute Gasteiger partial charge is 0.462 e. The maximum atomic E-state index is 12.1. The number of nitrogens with one attached hydrogen (secondary N) is 1. The lowest BCUT2D eigenvalue weighted by Gasteiger charge is -2.24. The number of hydrogen-bond acceptors (Lipinski definition) is 5. The van der Waals surface area contributed by atoms with Crippen LogP contribution in [0.1, 0.15) is 44.5 Å². The van der Waals surface area contributed by atoms with E-state index in [0.717, 1.165) is 10.6 Å². The van der Waals surface area contributed by atoms with Gasteiger partial charge in [0.25, 0.3) is 0 Å². The van der Waals surface area contributed by atoms with Crippen LogP contribution < -0.4 is 9.62 Å². The van der Waals surface area contributed by atoms with Crippen LogP contribution in [0.3, 0.4) is 0 Å². The standard InChI is InChI=1S/C17H26N2O5S/c1-6-24-16(21)13-7-9-14(10-8-13)19(25(5,22)23)12-11-15(20)18-17(2,3)4/h7-10H,6,11-12H2,1-5H3,(H,18,20). The molecule has 0 saturated heterocycles. The van der Waals surface area contributed by atoms with Gasteiger partial charge < -0.3 is 10.1 Å². The maximum absolute atomic E-state index is 12.1. The van der Waals surface area contributed by atoms with Gasteiger partial charge in [-0.1, -0.05) is 0 Å². The van der Waals surface area contributed by atoms with Crippen molar-refractivity contribution >= 4 is 27.6 Å². The van der Waals surface area contributed by atoms with E-state index in [1.54, 1.807) is 6.92 Å². The van der Waals surface area contributed by atoms with E-state index in [9.17, 15) is 18.0 Å². The van der Waals surface area contributed by atoms with Crippen LogP contribution in [0.5, 0.6) is 0 Å². The monoisotopic (exact) mass is 370 g/mol. The molecule has 0 aromatic heterocycles. The summed E-state index contributed by atoms with van der Waals surface area (Å²) in [6, 6.07) is 6.05. The topological polar surface area (TPSA) is 92.8 Å². The van der Waals surface area contributed by atoms with E-state index in [0.29, 0.717) is 11.3 Å². The molecule has 0 aliphatic rings.